The molecular formula is C19H25F3N2O5S. The maximum Gasteiger partial charge on any atom is 0.490 e. The van der Waals surface area contributed by atoms with Crippen LogP contribution in [-0.2, 0) is 25.6 Å². The fourth-order valence-corrected chi connectivity index (χ4v) is 4.66. The second kappa shape index (κ2) is 10.1. The molecule has 3 fully saturated rings. The van der Waals surface area contributed by atoms with Crippen LogP contribution in [0.25, 0.3) is 0 Å². The topological polar surface area (TPSA) is 79.3 Å². The van der Waals surface area contributed by atoms with Gasteiger partial charge in [-0.3, -0.25) is 9.69 Å². The van der Waals surface area contributed by atoms with Crippen molar-refractivity contribution in [2.45, 2.75) is 50.2 Å². The molecule has 3 atom stereocenters. The van der Waals surface area contributed by atoms with Crippen LogP contribution in [0.5, 0.6) is 0 Å². The zero-order valence-electron chi connectivity index (χ0n) is 16.3. The summed E-state index contributed by atoms with van der Waals surface area (Å²) >= 11 is 1.75. The fraction of sp³-hybridized carbons (Fsp3) is 0.684. The van der Waals surface area contributed by atoms with Crippen molar-refractivity contribution in [3.05, 3.63) is 22.4 Å². The van der Waals surface area contributed by atoms with Crippen molar-refractivity contribution in [3.8, 4) is 0 Å². The predicted molar refractivity (Wildman–Crippen MR) is 102 cm³/mol. The van der Waals surface area contributed by atoms with Gasteiger partial charge in [0.1, 0.15) is 6.10 Å². The van der Waals surface area contributed by atoms with Gasteiger partial charge in [-0.15, -0.1) is 0 Å². The third-order valence-electron chi connectivity index (χ3n) is 5.47. The second-order valence-corrected chi connectivity index (χ2v) is 8.22. The number of fused-ring (bicyclic) bond motifs is 1. The van der Waals surface area contributed by atoms with Crippen LogP contribution in [0.3, 0.4) is 0 Å². The standard InChI is InChI=1S/C17H24N2O3S.C2HF3O2/c20-17(18-6-8-21-9-7-18)16-2-1-14-15(22-16)3-5-19(14)11-13-4-10-23-12-13;3-2(4,5)1(6)7/h4,10,12,14-16H,1-3,5-9,11H2;(H,6,7)/t14-,15-,16-;/m1./s1. The lowest BCUT2D eigenvalue weighted by Gasteiger charge is -2.38. The van der Waals surface area contributed by atoms with E-state index in [-0.39, 0.29) is 18.1 Å². The monoisotopic (exact) mass is 450 g/mol. The summed E-state index contributed by atoms with van der Waals surface area (Å²) in [7, 11) is 0. The van der Waals surface area contributed by atoms with E-state index in [1.807, 2.05) is 4.90 Å². The number of hydrogen-bond donors (Lipinski definition) is 1. The molecule has 11 heteroatoms. The normalized spacial score (nSPS) is 27.2. The first-order valence-corrected chi connectivity index (χ1v) is 10.8. The number of carboxylic acids is 1. The number of nitrogens with zero attached hydrogens (tertiary/aromatic N) is 2. The van der Waals surface area contributed by atoms with Gasteiger partial charge in [-0.25, -0.2) is 4.79 Å². The Hall–Kier alpha value is -1.69. The maximum atomic E-state index is 12.6. The number of carboxylic acid groups (broad SMARTS) is 1. The number of aliphatic carboxylic acids is 1. The van der Waals surface area contributed by atoms with Gasteiger partial charge in [-0.2, -0.15) is 24.5 Å². The van der Waals surface area contributed by atoms with Crippen LogP contribution < -0.4 is 0 Å². The molecule has 0 spiro atoms. The first kappa shape index (κ1) is 23.0. The average Bonchev–Trinajstić information content (AvgIpc) is 3.38. The first-order chi connectivity index (χ1) is 14.3. The summed E-state index contributed by atoms with van der Waals surface area (Å²) in [5, 5.41) is 11.5. The van der Waals surface area contributed by atoms with E-state index in [4.69, 9.17) is 19.4 Å². The van der Waals surface area contributed by atoms with Crippen LogP contribution in [0.1, 0.15) is 24.8 Å². The van der Waals surface area contributed by atoms with Gasteiger partial charge in [0.15, 0.2) is 0 Å². The van der Waals surface area contributed by atoms with E-state index in [1.54, 1.807) is 11.3 Å². The Kier molecular flexibility index (Phi) is 7.72. The number of ether oxygens (including phenoxy) is 2. The summed E-state index contributed by atoms with van der Waals surface area (Å²) in [6, 6.07) is 2.68. The Morgan fingerprint density at radius 1 is 1.17 bits per heavy atom. The molecule has 0 saturated carbocycles. The zero-order valence-corrected chi connectivity index (χ0v) is 17.2. The van der Waals surface area contributed by atoms with Crippen LogP contribution in [0.4, 0.5) is 13.2 Å². The Bertz CT molecular complexity index is 710. The third-order valence-corrected chi connectivity index (χ3v) is 6.20. The highest BCUT2D eigenvalue weighted by molar-refractivity contribution is 7.07. The minimum Gasteiger partial charge on any atom is -0.475 e. The molecule has 1 aromatic heterocycles. The Morgan fingerprint density at radius 2 is 1.87 bits per heavy atom. The van der Waals surface area contributed by atoms with E-state index in [9.17, 15) is 18.0 Å². The van der Waals surface area contributed by atoms with Crippen LogP contribution >= 0.6 is 11.3 Å². The van der Waals surface area contributed by atoms with Crippen molar-refractivity contribution < 1.29 is 37.3 Å². The number of carbonyl (C=O) groups excluding carboxylic acids is 1. The zero-order chi connectivity index (χ0) is 21.7. The molecule has 1 amide bonds. The van der Waals surface area contributed by atoms with Gasteiger partial charge in [-0.1, -0.05) is 0 Å². The van der Waals surface area contributed by atoms with E-state index in [1.165, 1.54) is 5.56 Å². The van der Waals surface area contributed by atoms with Crippen molar-refractivity contribution in [1.82, 2.24) is 9.80 Å². The minimum atomic E-state index is -5.08. The lowest BCUT2D eigenvalue weighted by atomic mass is 9.98. The van der Waals surface area contributed by atoms with Crippen LogP contribution in [-0.4, -0.2) is 84.1 Å². The summed E-state index contributed by atoms with van der Waals surface area (Å²) in [6.07, 6.45) is -2.15. The summed E-state index contributed by atoms with van der Waals surface area (Å²) in [4.78, 5) is 25.9. The molecule has 7 nitrogen and oxygen atoms in total. The van der Waals surface area contributed by atoms with Crippen LogP contribution in [0.2, 0.25) is 0 Å². The van der Waals surface area contributed by atoms with Gasteiger partial charge in [0.25, 0.3) is 5.91 Å². The van der Waals surface area contributed by atoms with Crippen LogP contribution in [0.15, 0.2) is 16.8 Å². The molecular weight excluding hydrogens is 425 g/mol. The van der Waals surface area contributed by atoms with E-state index in [0.717, 1.165) is 32.4 Å². The molecule has 0 bridgehead atoms. The van der Waals surface area contributed by atoms with Crippen molar-refractivity contribution in [3.63, 3.8) is 0 Å². The van der Waals surface area contributed by atoms with Crippen molar-refractivity contribution in [2.75, 3.05) is 32.8 Å². The molecule has 3 aliphatic heterocycles. The van der Waals surface area contributed by atoms with Crippen molar-refractivity contribution >= 4 is 23.2 Å². The molecule has 0 aliphatic carbocycles. The SMILES string of the molecule is O=C(O)C(F)(F)F.O=C([C@H]1CC[C@@H]2[C@@H](CCN2Cc2ccsc2)O1)N1CCOCC1. The average molecular weight is 450 g/mol. The number of morpholine rings is 1. The summed E-state index contributed by atoms with van der Waals surface area (Å²) in [5.41, 5.74) is 1.39. The lowest BCUT2D eigenvalue weighted by molar-refractivity contribution is -0.192. The molecule has 1 N–H and O–H groups in total. The van der Waals surface area contributed by atoms with E-state index < -0.39 is 12.1 Å². The van der Waals surface area contributed by atoms with Gasteiger partial charge in [-0.05, 0) is 41.7 Å². The van der Waals surface area contributed by atoms with Gasteiger partial charge < -0.3 is 19.5 Å². The number of amides is 1. The highest BCUT2D eigenvalue weighted by Crippen LogP contribution is 2.33. The van der Waals surface area contributed by atoms with E-state index in [0.29, 0.717) is 32.3 Å². The Morgan fingerprint density at radius 3 is 2.47 bits per heavy atom. The number of likely N-dealkylation sites (tertiary alicyclic amines) is 1. The van der Waals surface area contributed by atoms with Crippen molar-refractivity contribution in [1.29, 1.82) is 0 Å². The molecule has 0 radical (unpaired) electrons. The molecule has 3 saturated heterocycles. The van der Waals surface area contributed by atoms with Gasteiger partial charge in [0.2, 0.25) is 0 Å². The summed E-state index contributed by atoms with van der Waals surface area (Å²) < 4.78 is 43.3. The van der Waals surface area contributed by atoms with Crippen molar-refractivity contribution in [2.24, 2.45) is 0 Å². The van der Waals surface area contributed by atoms with Gasteiger partial charge >= 0.3 is 12.1 Å². The first-order valence-electron chi connectivity index (χ1n) is 9.83. The van der Waals surface area contributed by atoms with Gasteiger partial charge in [0.05, 0.1) is 19.3 Å². The number of halogens is 3. The number of rotatable bonds is 3. The maximum absolute atomic E-state index is 12.6. The number of hydrogen-bond acceptors (Lipinski definition) is 6. The second-order valence-electron chi connectivity index (χ2n) is 7.44. The molecule has 1 aromatic rings. The largest absolute Gasteiger partial charge is 0.490 e. The summed E-state index contributed by atoms with van der Waals surface area (Å²) in [5.74, 6) is -2.59. The molecule has 4 rings (SSSR count). The fourth-order valence-electron chi connectivity index (χ4n) is 4.00. The molecule has 0 unspecified atom stereocenters. The number of alkyl halides is 3. The Balaban J connectivity index is 0.000000318. The minimum absolute atomic E-state index is 0.169. The van der Waals surface area contributed by atoms with Crippen LogP contribution in [0, 0.1) is 0 Å². The highest BCUT2D eigenvalue weighted by atomic mass is 32.1. The molecule has 30 heavy (non-hydrogen) atoms. The van der Waals surface area contributed by atoms with E-state index in [2.05, 4.69) is 21.7 Å². The molecule has 168 valence electrons. The smallest absolute Gasteiger partial charge is 0.475 e. The van der Waals surface area contributed by atoms with Gasteiger partial charge in [0, 0.05) is 32.2 Å². The number of carbonyl (C=O) groups is 2. The molecule has 4 heterocycles. The molecule has 3 aliphatic rings. The number of thiophene rings is 1. The third kappa shape index (κ3) is 5.93. The highest BCUT2D eigenvalue weighted by Gasteiger charge is 2.42. The predicted octanol–water partition coefficient (Wildman–Crippen LogP) is 2.36. The molecule has 0 aromatic carbocycles. The lowest BCUT2D eigenvalue weighted by Crippen LogP contribution is -2.51. The van der Waals surface area contributed by atoms with E-state index >= 15 is 0 Å². The summed E-state index contributed by atoms with van der Waals surface area (Å²) in [6.45, 7) is 4.80. The quantitative estimate of drug-likeness (QED) is 0.762. The Labute approximate surface area is 176 Å².